The van der Waals surface area contributed by atoms with Crippen molar-refractivity contribution in [2.75, 3.05) is 20.0 Å². The monoisotopic (exact) mass is 212 g/mol. The van der Waals surface area contributed by atoms with Gasteiger partial charge in [-0.3, -0.25) is 9.78 Å². The molecular formula is C10H13ClN2O. The quantitative estimate of drug-likeness (QED) is 0.561. The minimum Gasteiger partial charge on any atom is -0.304 e. The van der Waals surface area contributed by atoms with Crippen molar-refractivity contribution in [3.05, 3.63) is 29.6 Å². The van der Waals surface area contributed by atoms with Gasteiger partial charge in [-0.1, -0.05) is 0 Å². The van der Waals surface area contributed by atoms with Crippen LogP contribution in [0, 0.1) is 0 Å². The van der Waals surface area contributed by atoms with Crippen molar-refractivity contribution in [1.29, 1.82) is 0 Å². The SMILES string of the molecule is CN(C)Cc1ccc(C(=O)CCl)cn1. The van der Waals surface area contributed by atoms with Crippen molar-refractivity contribution in [2.24, 2.45) is 0 Å². The van der Waals surface area contributed by atoms with E-state index in [9.17, 15) is 4.79 Å². The van der Waals surface area contributed by atoms with Gasteiger partial charge in [-0.25, -0.2) is 0 Å². The molecule has 1 heterocycles. The number of hydrogen-bond donors (Lipinski definition) is 0. The highest BCUT2D eigenvalue weighted by Crippen LogP contribution is 2.03. The van der Waals surface area contributed by atoms with Gasteiger partial charge in [-0.15, -0.1) is 11.6 Å². The first-order chi connectivity index (χ1) is 6.63. The predicted molar refractivity (Wildman–Crippen MR) is 56.7 cm³/mol. The Morgan fingerprint density at radius 2 is 2.21 bits per heavy atom. The van der Waals surface area contributed by atoms with Crippen LogP contribution in [0.3, 0.4) is 0 Å². The zero-order valence-corrected chi connectivity index (χ0v) is 9.08. The third-order valence-electron chi connectivity index (χ3n) is 1.75. The van der Waals surface area contributed by atoms with Gasteiger partial charge >= 0.3 is 0 Å². The van der Waals surface area contributed by atoms with Gasteiger partial charge in [-0.05, 0) is 26.2 Å². The van der Waals surface area contributed by atoms with Crippen LogP contribution in [0.4, 0.5) is 0 Å². The maximum Gasteiger partial charge on any atom is 0.179 e. The Morgan fingerprint density at radius 3 is 2.64 bits per heavy atom. The van der Waals surface area contributed by atoms with Crippen LogP contribution >= 0.6 is 11.6 Å². The molecular weight excluding hydrogens is 200 g/mol. The molecule has 0 radical (unpaired) electrons. The Bertz CT molecular complexity index is 308. The van der Waals surface area contributed by atoms with E-state index in [0.717, 1.165) is 12.2 Å². The standard InChI is InChI=1S/C10H13ClN2O/c1-13(2)7-9-4-3-8(6-12-9)10(14)5-11/h3-4,6H,5,7H2,1-2H3. The van der Waals surface area contributed by atoms with Crippen LogP contribution in [0.2, 0.25) is 0 Å². The largest absolute Gasteiger partial charge is 0.304 e. The number of rotatable bonds is 4. The molecule has 0 saturated heterocycles. The summed E-state index contributed by atoms with van der Waals surface area (Å²) in [6.45, 7) is 0.773. The van der Waals surface area contributed by atoms with E-state index in [-0.39, 0.29) is 11.7 Å². The van der Waals surface area contributed by atoms with Gasteiger partial charge in [0.15, 0.2) is 5.78 Å². The molecule has 0 saturated carbocycles. The summed E-state index contributed by atoms with van der Waals surface area (Å²) in [6, 6.07) is 3.61. The summed E-state index contributed by atoms with van der Waals surface area (Å²) in [5.74, 6) is -0.0788. The molecule has 0 bridgehead atoms. The topological polar surface area (TPSA) is 33.2 Å². The van der Waals surface area contributed by atoms with Gasteiger partial charge in [0.25, 0.3) is 0 Å². The molecule has 3 nitrogen and oxygen atoms in total. The predicted octanol–water partition coefficient (Wildman–Crippen LogP) is 1.56. The van der Waals surface area contributed by atoms with Crippen molar-refractivity contribution in [2.45, 2.75) is 6.54 Å². The van der Waals surface area contributed by atoms with Crippen LogP contribution in [0.1, 0.15) is 16.1 Å². The summed E-state index contributed by atoms with van der Waals surface area (Å²) in [4.78, 5) is 17.4. The molecule has 0 N–H and O–H groups in total. The molecule has 0 unspecified atom stereocenters. The lowest BCUT2D eigenvalue weighted by Crippen LogP contribution is -2.12. The molecule has 0 atom stereocenters. The third-order valence-corrected chi connectivity index (χ3v) is 1.99. The zero-order chi connectivity index (χ0) is 10.6. The number of Topliss-reactive ketones (excluding diaryl/α,β-unsaturated/α-hetero) is 1. The molecule has 0 amide bonds. The Labute approximate surface area is 88.7 Å². The van der Waals surface area contributed by atoms with Crippen LogP contribution < -0.4 is 0 Å². The van der Waals surface area contributed by atoms with Crippen LogP contribution in [-0.2, 0) is 6.54 Å². The number of ketones is 1. The van der Waals surface area contributed by atoms with Crippen LogP contribution in [0.5, 0.6) is 0 Å². The Morgan fingerprint density at radius 1 is 1.50 bits per heavy atom. The highest BCUT2D eigenvalue weighted by molar-refractivity contribution is 6.30. The molecule has 0 aliphatic carbocycles. The molecule has 76 valence electrons. The van der Waals surface area contributed by atoms with Crippen LogP contribution in [0.15, 0.2) is 18.3 Å². The summed E-state index contributed by atoms with van der Waals surface area (Å²) in [5.41, 5.74) is 1.52. The number of aromatic nitrogens is 1. The van der Waals surface area contributed by atoms with E-state index in [1.54, 1.807) is 12.3 Å². The summed E-state index contributed by atoms with van der Waals surface area (Å²) in [7, 11) is 3.94. The smallest absolute Gasteiger partial charge is 0.179 e. The van der Waals surface area contributed by atoms with Gasteiger partial charge in [0.1, 0.15) is 0 Å². The second-order valence-electron chi connectivity index (χ2n) is 3.33. The molecule has 1 rings (SSSR count). The van der Waals surface area contributed by atoms with Gasteiger partial charge in [0.2, 0.25) is 0 Å². The number of nitrogens with zero attached hydrogens (tertiary/aromatic N) is 2. The summed E-state index contributed by atoms with van der Waals surface area (Å²) < 4.78 is 0. The average molecular weight is 213 g/mol. The number of hydrogen-bond acceptors (Lipinski definition) is 3. The lowest BCUT2D eigenvalue weighted by atomic mass is 10.2. The highest BCUT2D eigenvalue weighted by Gasteiger charge is 2.04. The Balaban J connectivity index is 2.73. The minimum absolute atomic E-state index is 0.00864. The lowest BCUT2D eigenvalue weighted by molar-refractivity contribution is 0.102. The third kappa shape index (κ3) is 3.09. The summed E-state index contributed by atoms with van der Waals surface area (Å²) in [6.07, 6.45) is 1.57. The maximum absolute atomic E-state index is 11.2. The second kappa shape index (κ2) is 5.08. The molecule has 0 aromatic carbocycles. The molecule has 0 fully saturated rings. The van der Waals surface area contributed by atoms with Gasteiger partial charge < -0.3 is 4.90 Å². The van der Waals surface area contributed by atoms with E-state index in [1.165, 1.54) is 0 Å². The highest BCUT2D eigenvalue weighted by atomic mass is 35.5. The lowest BCUT2D eigenvalue weighted by Gasteiger charge is -2.08. The number of alkyl halides is 1. The fourth-order valence-electron chi connectivity index (χ4n) is 1.08. The average Bonchev–Trinajstić information content (AvgIpc) is 2.17. The van der Waals surface area contributed by atoms with Gasteiger partial charge in [0.05, 0.1) is 11.6 Å². The van der Waals surface area contributed by atoms with E-state index in [4.69, 9.17) is 11.6 Å². The van der Waals surface area contributed by atoms with Crippen molar-refractivity contribution >= 4 is 17.4 Å². The molecule has 4 heteroatoms. The summed E-state index contributed by atoms with van der Waals surface area (Å²) >= 11 is 5.43. The molecule has 0 spiro atoms. The zero-order valence-electron chi connectivity index (χ0n) is 8.33. The fourth-order valence-corrected chi connectivity index (χ4v) is 1.24. The van der Waals surface area contributed by atoms with Gasteiger partial charge in [-0.2, -0.15) is 0 Å². The number of pyridine rings is 1. The molecule has 14 heavy (non-hydrogen) atoms. The normalized spacial score (nSPS) is 10.6. The number of carbonyl (C=O) groups is 1. The van der Waals surface area contributed by atoms with Crippen LogP contribution in [0.25, 0.3) is 0 Å². The van der Waals surface area contributed by atoms with E-state index in [0.29, 0.717) is 5.56 Å². The first kappa shape index (κ1) is 11.1. The molecule has 1 aromatic rings. The fraction of sp³-hybridized carbons (Fsp3) is 0.400. The Kier molecular flexibility index (Phi) is 4.04. The maximum atomic E-state index is 11.2. The van der Waals surface area contributed by atoms with Crippen molar-refractivity contribution in [3.63, 3.8) is 0 Å². The van der Waals surface area contributed by atoms with E-state index in [2.05, 4.69) is 4.98 Å². The van der Waals surface area contributed by atoms with Crippen molar-refractivity contribution in [1.82, 2.24) is 9.88 Å². The molecule has 0 aliphatic heterocycles. The Hall–Kier alpha value is -0.930. The van der Waals surface area contributed by atoms with Gasteiger partial charge in [0, 0.05) is 18.3 Å². The van der Waals surface area contributed by atoms with Crippen molar-refractivity contribution < 1.29 is 4.79 Å². The second-order valence-corrected chi connectivity index (χ2v) is 3.60. The van der Waals surface area contributed by atoms with Crippen LogP contribution in [-0.4, -0.2) is 35.6 Å². The summed E-state index contributed by atoms with van der Waals surface area (Å²) in [5, 5.41) is 0. The number of carbonyl (C=O) groups excluding carboxylic acids is 1. The number of halogens is 1. The van der Waals surface area contributed by atoms with E-state index >= 15 is 0 Å². The first-order valence-electron chi connectivity index (χ1n) is 4.32. The molecule has 1 aromatic heterocycles. The molecule has 0 aliphatic rings. The van der Waals surface area contributed by atoms with E-state index in [1.807, 2.05) is 25.1 Å². The first-order valence-corrected chi connectivity index (χ1v) is 4.85. The van der Waals surface area contributed by atoms with Crippen molar-refractivity contribution in [3.8, 4) is 0 Å². The van der Waals surface area contributed by atoms with E-state index < -0.39 is 0 Å². The minimum atomic E-state index is -0.0874.